The van der Waals surface area contributed by atoms with Gasteiger partial charge >= 0.3 is 11.9 Å². The summed E-state index contributed by atoms with van der Waals surface area (Å²) in [5.41, 5.74) is 0.933. The van der Waals surface area contributed by atoms with Crippen molar-refractivity contribution in [2.75, 3.05) is 5.32 Å². The van der Waals surface area contributed by atoms with Crippen LogP contribution in [0.2, 0.25) is 0 Å². The third-order valence-electron chi connectivity index (χ3n) is 8.14. The van der Waals surface area contributed by atoms with Crippen molar-refractivity contribution in [3.63, 3.8) is 0 Å². The van der Waals surface area contributed by atoms with Crippen molar-refractivity contribution in [2.45, 2.75) is 67.8 Å². The zero-order valence-corrected chi connectivity index (χ0v) is 23.5. The summed E-state index contributed by atoms with van der Waals surface area (Å²) >= 11 is 0. The van der Waals surface area contributed by atoms with Crippen molar-refractivity contribution >= 4 is 17.5 Å². The minimum Gasteiger partial charge on any atom is -0.381 e. The maximum atomic E-state index is 13.2. The van der Waals surface area contributed by atoms with E-state index in [0.29, 0.717) is 23.7 Å². The molecule has 18 heteroatoms. The van der Waals surface area contributed by atoms with Crippen LogP contribution in [0.4, 0.5) is 5.69 Å². The van der Waals surface area contributed by atoms with E-state index < -0.39 is 65.3 Å². The molecule has 0 aromatic heterocycles. The number of nitrogens with zero attached hydrogens (tertiary/aromatic N) is 2. The van der Waals surface area contributed by atoms with Gasteiger partial charge in [-0.05, 0) is 30.2 Å². The number of carbonyl (C=O) groups excluding carboxylic acids is 2. The lowest BCUT2D eigenvalue weighted by Gasteiger charge is -2.56. The summed E-state index contributed by atoms with van der Waals surface area (Å²) in [6, 6.07) is 8.44. The summed E-state index contributed by atoms with van der Waals surface area (Å²) in [7, 11) is 0. The van der Waals surface area contributed by atoms with Crippen molar-refractivity contribution in [1.82, 2.24) is 15.1 Å². The van der Waals surface area contributed by atoms with Gasteiger partial charge in [-0.25, -0.2) is 0 Å². The first-order valence-electron chi connectivity index (χ1n) is 13.2. The Kier molecular flexibility index (Phi) is 7.43. The van der Waals surface area contributed by atoms with Crippen LogP contribution in [0.25, 0.3) is 0 Å². The van der Waals surface area contributed by atoms with E-state index in [4.69, 9.17) is 0 Å². The Morgan fingerprint density at radius 2 is 1.51 bits per heavy atom. The van der Waals surface area contributed by atoms with E-state index in [2.05, 4.69) is 16.6 Å². The summed E-state index contributed by atoms with van der Waals surface area (Å²) in [5, 5.41) is 118. The number of benzene rings is 2. The maximum absolute atomic E-state index is 13.2. The van der Waals surface area contributed by atoms with Crippen molar-refractivity contribution in [3.8, 4) is 0 Å². The van der Waals surface area contributed by atoms with Gasteiger partial charge in [0.2, 0.25) is 5.79 Å². The zero-order chi connectivity index (χ0) is 33.5. The summed E-state index contributed by atoms with van der Waals surface area (Å²) in [4.78, 5) is 26.6. The van der Waals surface area contributed by atoms with E-state index >= 15 is 0 Å². The zero-order valence-electron chi connectivity index (χ0n) is 23.5. The SMILES string of the molecule is C=C1NC(=O)C(N2Cc3c(NCc4ccc(CN5C(O)(O)C(C)(O)OC(O)(O)C5(O)O)cc4)cccc3C2=O)C(O)(O)C1(O)O. The normalized spacial score (nSPS) is 28.0. The van der Waals surface area contributed by atoms with Crippen LogP contribution < -0.4 is 10.6 Å². The lowest BCUT2D eigenvalue weighted by atomic mass is 9.89. The number of carbonyl (C=O) groups is 2. The van der Waals surface area contributed by atoms with Gasteiger partial charge in [-0.1, -0.05) is 36.9 Å². The van der Waals surface area contributed by atoms with Gasteiger partial charge in [-0.2, -0.15) is 4.90 Å². The van der Waals surface area contributed by atoms with Gasteiger partial charge in [0, 0.05) is 36.4 Å². The van der Waals surface area contributed by atoms with Crippen LogP contribution in [0.1, 0.15) is 34.0 Å². The number of ether oxygens (including phenoxy) is 1. The van der Waals surface area contributed by atoms with E-state index in [0.717, 1.165) is 4.90 Å². The van der Waals surface area contributed by atoms with Gasteiger partial charge in [0.15, 0.2) is 6.04 Å². The molecule has 5 rings (SSSR count). The van der Waals surface area contributed by atoms with E-state index in [1.54, 1.807) is 18.2 Å². The molecule has 2 aromatic rings. The molecule has 45 heavy (non-hydrogen) atoms. The number of aliphatic hydroxyl groups is 11. The number of anilines is 1. The molecule has 18 nitrogen and oxygen atoms in total. The predicted octanol–water partition coefficient (Wildman–Crippen LogP) is -4.92. The van der Waals surface area contributed by atoms with E-state index in [9.17, 15) is 65.8 Å². The Labute approximate surface area is 253 Å². The third kappa shape index (κ3) is 4.89. The van der Waals surface area contributed by atoms with Crippen molar-refractivity contribution in [2.24, 2.45) is 0 Å². The Morgan fingerprint density at radius 1 is 0.911 bits per heavy atom. The molecular formula is C27H32N4O14. The number of hydrogen-bond acceptors (Lipinski definition) is 16. The number of morpholine rings is 1. The fraction of sp³-hybridized carbons (Fsp3) is 0.407. The predicted molar refractivity (Wildman–Crippen MR) is 144 cm³/mol. The van der Waals surface area contributed by atoms with Gasteiger partial charge < -0.3 is 71.7 Å². The second-order valence-corrected chi connectivity index (χ2v) is 11.3. The van der Waals surface area contributed by atoms with Gasteiger partial charge in [0.1, 0.15) is 0 Å². The Morgan fingerprint density at radius 3 is 2.13 bits per heavy atom. The highest BCUT2D eigenvalue weighted by Gasteiger charge is 2.72. The first-order chi connectivity index (χ1) is 20.6. The number of rotatable bonds is 6. The smallest absolute Gasteiger partial charge is 0.354 e. The van der Waals surface area contributed by atoms with Crippen LogP contribution in [0, 0.1) is 0 Å². The van der Waals surface area contributed by atoms with E-state index in [-0.39, 0.29) is 29.1 Å². The second-order valence-electron chi connectivity index (χ2n) is 11.3. The molecule has 0 radical (unpaired) electrons. The molecule has 3 heterocycles. The Hall–Kier alpha value is -3.60. The largest absolute Gasteiger partial charge is 0.381 e. The van der Waals surface area contributed by atoms with Crippen LogP contribution in [-0.2, 0) is 29.2 Å². The molecule has 0 bridgehead atoms. The maximum Gasteiger partial charge on any atom is 0.354 e. The number of nitrogens with one attached hydrogen (secondary N) is 2. The summed E-state index contributed by atoms with van der Waals surface area (Å²) < 4.78 is 4.28. The van der Waals surface area contributed by atoms with E-state index in [1.165, 1.54) is 24.3 Å². The molecule has 3 aliphatic heterocycles. The molecule has 0 spiro atoms. The number of amides is 2. The molecule has 0 saturated carbocycles. The fourth-order valence-corrected chi connectivity index (χ4v) is 5.41. The average Bonchev–Trinajstić information content (AvgIpc) is 3.25. The molecule has 244 valence electrons. The molecule has 2 amide bonds. The molecule has 2 unspecified atom stereocenters. The lowest BCUT2D eigenvalue weighted by molar-refractivity contribution is -0.624. The van der Waals surface area contributed by atoms with Crippen molar-refractivity contribution < 1.29 is 70.5 Å². The molecule has 13 N–H and O–H groups in total. The minimum atomic E-state index is -3.83. The first-order valence-corrected chi connectivity index (χ1v) is 13.2. The van der Waals surface area contributed by atoms with Gasteiger partial charge in [-0.15, -0.1) is 0 Å². The van der Waals surface area contributed by atoms with Gasteiger partial charge in [0.05, 0.1) is 5.70 Å². The average molecular weight is 637 g/mol. The molecular weight excluding hydrogens is 604 g/mol. The fourth-order valence-electron chi connectivity index (χ4n) is 5.41. The topological polar surface area (TPSA) is 296 Å². The molecule has 2 saturated heterocycles. The second kappa shape index (κ2) is 10.2. The molecule has 2 atom stereocenters. The van der Waals surface area contributed by atoms with Crippen LogP contribution in [0.3, 0.4) is 0 Å². The highest BCUT2D eigenvalue weighted by atomic mass is 16.9. The summed E-state index contributed by atoms with van der Waals surface area (Å²) in [6.07, 6.45) is 0. The van der Waals surface area contributed by atoms with Crippen LogP contribution in [-0.4, -0.2) is 119 Å². The summed E-state index contributed by atoms with van der Waals surface area (Å²) in [5.74, 6) is -22.9. The monoisotopic (exact) mass is 636 g/mol. The molecule has 3 aliphatic rings. The quantitative estimate of drug-likeness (QED) is 0.132. The number of fused-ring (bicyclic) bond motifs is 1. The third-order valence-corrected chi connectivity index (χ3v) is 8.14. The van der Waals surface area contributed by atoms with Crippen LogP contribution in [0.5, 0.6) is 0 Å². The number of hydrogen-bond donors (Lipinski definition) is 13. The Bertz CT molecular complexity index is 1530. The minimum absolute atomic E-state index is 0.000289. The molecule has 2 fully saturated rings. The number of piperidine rings is 1. The highest BCUT2D eigenvalue weighted by molar-refractivity contribution is 6.03. The van der Waals surface area contributed by atoms with Crippen molar-refractivity contribution in [1.29, 1.82) is 0 Å². The molecule has 0 aliphatic carbocycles. The molecule has 2 aromatic carbocycles. The summed E-state index contributed by atoms with van der Waals surface area (Å²) in [6.45, 7) is 2.96. The van der Waals surface area contributed by atoms with E-state index in [1.807, 2.05) is 5.32 Å². The van der Waals surface area contributed by atoms with Gasteiger partial charge in [0.25, 0.3) is 29.3 Å². The van der Waals surface area contributed by atoms with Gasteiger partial charge in [-0.3, -0.25) is 14.3 Å². The highest BCUT2D eigenvalue weighted by Crippen LogP contribution is 2.43. The van der Waals surface area contributed by atoms with Crippen molar-refractivity contribution in [3.05, 3.63) is 77.0 Å². The standard InChI is InChI=1S/C27H32N4O14/c1-13-23(35,36)24(37,38)19(20(32)29-13)30-12-17-16(21(30)33)4-3-5-18(17)28-10-14-6-8-15(9-7-14)11-31-25(39,40)22(2,34)45-27(43,44)26(31,41)42/h3-9,19,28,34-44H,1,10-12H2,2H3,(H,29,32). The first kappa shape index (κ1) is 32.8. The van der Waals surface area contributed by atoms with Crippen LogP contribution in [0.15, 0.2) is 54.7 Å². The van der Waals surface area contributed by atoms with Crippen LogP contribution >= 0.6 is 0 Å². The Balaban J connectivity index is 1.31. The lowest BCUT2D eigenvalue weighted by Crippen LogP contribution is -2.83.